The Morgan fingerprint density at radius 1 is 0.638 bits per heavy atom. The van der Waals surface area contributed by atoms with Crippen LogP contribution in [0.1, 0.15) is 49.3 Å². The van der Waals surface area contributed by atoms with Crippen LogP contribution in [0.4, 0.5) is 5.69 Å². The van der Waals surface area contributed by atoms with E-state index in [1.54, 1.807) is 55.6 Å². The third-order valence-electron chi connectivity index (χ3n) is 7.63. The van der Waals surface area contributed by atoms with Gasteiger partial charge in [-0.1, -0.05) is 50.5 Å². The van der Waals surface area contributed by atoms with E-state index in [2.05, 4.69) is 17.2 Å². The fraction of sp³-hybridized carbons (Fsp3) is 0.452. The molecule has 330 valence electrons. The van der Waals surface area contributed by atoms with E-state index in [1.807, 2.05) is 0 Å². The van der Waals surface area contributed by atoms with E-state index < -0.39 is 74.5 Å². The van der Waals surface area contributed by atoms with Crippen LogP contribution in [0, 0.1) is 6.92 Å². The summed E-state index contributed by atoms with van der Waals surface area (Å²) in [5, 5.41) is -1.70. The number of anilines is 1. The monoisotopic (exact) mass is 942 g/mol. The molecule has 0 aliphatic heterocycles. The molecule has 0 radical (unpaired) electrons. The molecule has 1 aromatic heterocycles. The lowest BCUT2D eigenvalue weighted by molar-refractivity contribution is 0.304. The number of nitrogens with one attached hydrogen (secondary N) is 1. The lowest BCUT2D eigenvalue weighted by Crippen LogP contribution is -2.19. The first kappa shape index (κ1) is 53.9. The van der Waals surface area contributed by atoms with Gasteiger partial charge in [-0.3, -0.25) is 32.4 Å². The molecule has 2 aromatic carbocycles. The van der Waals surface area contributed by atoms with Crippen molar-refractivity contribution in [3.8, 4) is 11.5 Å². The smallest absolute Gasteiger partial charge is 0.357 e. The maximum Gasteiger partial charge on any atom is 0.357 e. The van der Waals surface area contributed by atoms with E-state index >= 15 is 0 Å². The van der Waals surface area contributed by atoms with Crippen molar-refractivity contribution in [1.29, 1.82) is 0 Å². The highest BCUT2D eigenvalue weighted by Crippen LogP contribution is 2.62. The molecule has 2 atom stereocenters. The maximum atomic E-state index is 11.4. The number of benzene rings is 2. The Balaban J connectivity index is 0.000000441. The third kappa shape index (κ3) is 20.9. The Kier molecular flexibility index (Phi) is 21.6. The number of unbranched alkanes of at least 4 members (excludes halogenated alkanes) is 3. The quantitative estimate of drug-likeness (QED) is 0.0558. The molecule has 0 saturated heterocycles. The van der Waals surface area contributed by atoms with E-state index in [-0.39, 0.29) is 5.69 Å². The number of aromatic nitrogens is 1. The first-order valence-electron chi connectivity index (χ1n) is 17.0. The summed E-state index contributed by atoms with van der Waals surface area (Å²) >= 11 is 0. The molecule has 0 spiro atoms. The fourth-order valence-corrected chi connectivity index (χ4v) is 12.7. The molecule has 12 N–H and O–H groups in total. The largest absolute Gasteiger partial charge is 0.497 e. The van der Waals surface area contributed by atoms with Crippen molar-refractivity contribution < 1.29 is 90.7 Å². The van der Waals surface area contributed by atoms with Crippen LogP contribution >= 0.6 is 45.3 Å². The predicted octanol–water partition coefficient (Wildman–Crippen LogP) is 4.95. The summed E-state index contributed by atoms with van der Waals surface area (Å²) in [6.45, 7) is 5.29. The number of rotatable bonds is 19. The normalized spacial score (nSPS) is 14.0. The zero-order chi connectivity index (χ0) is 44.8. The molecule has 0 saturated carbocycles. The van der Waals surface area contributed by atoms with Gasteiger partial charge in [-0.2, -0.15) is 0 Å². The van der Waals surface area contributed by atoms with E-state index in [9.17, 15) is 32.3 Å². The van der Waals surface area contributed by atoms with E-state index in [0.29, 0.717) is 29.2 Å². The van der Waals surface area contributed by atoms with Gasteiger partial charge in [0, 0.05) is 19.1 Å². The van der Waals surface area contributed by atoms with Crippen molar-refractivity contribution >= 4 is 51.0 Å². The minimum Gasteiger partial charge on any atom is -0.497 e. The first-order chi connectivity index (χ1) is 26.4. The average Bonchev–Trinajstić information content (AvgIpc) is 3.06. The lowest BCUT2D eigenvalue weighted by Gasteiger charge is -2.23. The summed E-state index contributed by atoms with van der Waals surface area (Å²) < 4.78 is 77.9. The van der Waals surface area contributed by atoms with Gasteiger partial charge in [-0.15, -0.1) is 0 Å². The number of aryl methyl sites for hydroxylation is 1. The van der Waals surface area contributed by atoms with Crippen molar-refractivity contribution in [1.82, 2.24) is 4.98 Å². The molecule has 0 amide bonds. The third-order valence-corrected chi connectivity index (χ3v) is 19.1. The molecular weight excluding hydrogens is 890 g/mol. The van der Waals surface area contributed by atoms with E-state index in [0.717, 1.165) is 37.9 Å². The molecule has 3 aromatic rings. The first-order valence-corrected chi connectivity index (χ1v) is 27.6. The highest BCUT2D eigenvalue weighted by atomic mass is 31.2. The summed E-state index contributed by atoms with van der Waals surface area (Å²) in [5.74, 6) is 0.969. The van der Waals surface area contributed by atoms with Crippen molar-refractivity contribution in [2.75, 3.05) is 25.7 Å². The van der Waals surface area contributed by atoms with Crippen LogP contribution in [-0.4, -0.2) is 95.5 Å². The van der Waals surface area contributed by atoms with Gasteiger partial charge in [0.25, 0.3) is 0 Å². The summed E-state index contributed by atoms with van der Waals surface area (Å²) in [5.41, 5.74) is 0.0232. The molecule has 0 bridgehead atoms. The number of hydrogen-bond acceptors (Lipinski definition) is 10. The molecule has 0 fully saturated rings. The zero-order valence-electron chi connectivity index (χ0n) is 31.8. The topological polar surface area (TPSA) is 368 Å². The van der Waals surface area contributed by atoms with Crippen molar-refractivity contribution in [3.05, 3.63) is 83.7 Å². The van der Waals surface area contributed by atoms with Gasteiger partial charge >= 0.3 is 38.0 Å². The summed E-state index contributed by atoms with van der Waals surface area (Å²) in [6, 6.07) is 14.2. The Labute approximate surface area is 335 Å². The predicted molar refractivity (Wildman–Crippen MR) is 216 cm³/mol. The standard InChI is InChI=1S/C14H24O7P2.C9H14O7P2.C8H14N2O5P2/c1-2-3-4-5-9-21-13-8-6-7-12(10-13)11-14(22(15,16)17)23(18,19)20;1-16-8-4-2-3-7(5-8)6-9(17(10,11)12)18(13,14)15;1-6-3-7(5-9-4-6)10-8(16(2,11)12)17(13,14)15/h6-8,10,14H,2-5,9,11H2,1H3,(H2,15,16,17)(H2,18,19,20);2-5,9H,6H2,1H3,(H2,10,11,12)(H2,13,14,15);3-5,8,10H,1-2H3,(H,11,12)(H2,13,14,15). The average molecular weight is 943 g/mol. The Morgan fingerprint density at radius 2 is 1.10 bits per heavy atom. The van der Waals surface area contributed by atoms with Gasteiger partial charge in [-0.05, 0) is 73.2 Å². The fourth-order valence-electron chi connectivity index (χ4n) is 4.84. The van der Waals surface area contributed by atoms with Gasteiger partial charge < -0.3 is 68.6 Å². The molecular formula is C31H52N2O19P6. The minimum atomic E-state index is -4.92. The van der Waals surface area contributed by atoms with Crippen molar-refractivity contribution in [2.45, 2.75) is 68.7 Å². The zero-order valence-corrected chi connectivity index (χ0v) is 37.2. The summed E-state index contributed by atoms with van der Waals surface area (Å²) in [4.78, 5) is 104. The molecule has 0 aliphatic rings. The Bertz CT molecular complexity index is 1970. The van der Waals surface area contributed by atoms with E-state index in [4.69, 9.17) is 58.4 Å². The highest BCUT2D eigenvalue weighted by Gasteiger charge is 2.44. The minimum absolute atomic E-state index is 0.287. The molecule has 2 unspecified atom stereocenters. The molecule has 0 aliphatic carbocycles. The van der Waals surface area contributed by atoms with Gasteiger partial charge in [0.1, 0.15) is 11.5 Å². The van der Waals surface area contributed by atoms with Crippen LogP contribution in [-0.2, 0) is 40.2 Å². The second-order valence-electron chi connectivity index (χ2n) is 12.9. The van der Waals surface area contributed by atoms with Gasteiger partial charge in [-0.25, -0.2) is 0 Å². The van der Waals surface area contributed by atoms with Gasteiger partial charge in [0.2, 0.25) is 12.9 Å². The summed E-state index contributed by atoms with van der Waals surface area (Å²) in [6.07, 6.45) is 6.28. The Morgan fingerprint density at radius 3 is 1.50 bits per heavy atom. The van der Waals surface area contributed by atoms with Crippen LogP contribution < -0.4 is 14.8 Å². The molecule has 3 rings (SSSR count). The molecule has 27 heteroatoms. The van der Waals surface area contributed by atoms with Crippen LogP contribution in [0.3, 0.4) is 0 Å². The van der Waals surface area contributed by atoms with Crippen molar-refractivity contribution in [3.63, 3.8) is 0 Å². The second-order valence-corrected chi connectivity index (χ2v) is 25.5. The van der Waals surface area contributed by atoms with Crippen molar-refractivity contribution in [2.24, 2.45) is 0 Å². The van der Waals surface area contributed by atoms with Gasteiger partial charge in [0.15, 0.2) is 10.8 Å². The van der Waals surface area contributed by atoms with Crippen LogP contribution in [0.25, 0.3) is 0 Å². The lowest BCUT2D eigenvalue weighted by atomic mass is 10.1. The number of ether oxygens (including phenoxy) is 2. The van der Waals surface area contributed by atoms with Crippen LogP contribution in [0.15, 0.2) is 67.0 Å². The molecule has 58 heavy (non-hydrogen) atoms. The number of pyridine rings is 1. The highest BCUT2D eigenvalue weighted by molar-refractivity contribution is 7.73. The molecule has 1 heterocycles. The van der Waals surface area contributed by atoms with Gasteiger partial charge in [0.05, 0.1) is 19.4 Å². The van der Waals surface area contributed by atoms with E-state index in [1.165, 1.54) is 25.4 Å². The second kappa shape index (κ2) is 23.2. The number of methoxy groups -OCH3 is 1. The maximum absolute atomic E-state index is 11.4. The number of nitrogens with zero attached hydrogens (tertiary/aromatic N) is 1. The van der Waals surface area contributed by atoms with Crippen LogP contribution in [0.5, 0.6) is 11.5 Å². The number of hydrogen-bond donors (Lipinski definition) is 12. The SMILES string of the molecule is CCCCCCOc1cccc(CC(P(=O)(O)O)P(=O)(O)O)c1.COc1cccc(CC(P(=O)(O)O)P(=O)(O)O)c1.Cc1cncc(NC(P(C)(=O)O)P(=O)(O)O)c1. The molecule has 21 nitrogen and oxygen atoms in total. The van der Waals surface area contributed by atoms with Crippen LogP contribution in [0.2, 0.25) is 0 Å². The summed E-state index contributed by atoms with van der Waals surface area (Å²) in [7, 11) is -26.9. The Hall–Kier alpha value is -2.07.